The summed E-state index contributed by atoms with van der Waals surface area (Å²) in [5, 5.41) is 4.45. The van der Waals surface area contributed by atoms with Gasteiger partial charge in [-0.25, -0.2) is 0 Å². The molecule has 1 aromatic rings. The molecule has 1 heterocycles. The molecule has 2 aliphatic rings. The Balaban J connectivity index is 1.70. The summed E-state index contributed by atoms with van der Waals surface area (Å²) >= 11 is 6.06. The van der Waals surface area contributed by atoms with Gasteiger partial charge in [0.2, 0.25) is 0 Å². The van der Waals surface area contributed by atoms with Crippen molar-refractivity contribution in [2.75, 3.05) is 11.9 Å². The van der Waals surface area contributed by atoms with Gasteiger partial charge in [0.05, 0.1) is 5.60 Å². The Morgan fingerprint density at radius 1 is 1.39 bits per heavy atom. The van der Waals surface area contributed by atoms with Crippen molar-refractivity contribution >= 4 is 17.3 Å². The molecule has 1 N–H and O–H groups in total. The zero-order valence-corrected chi connectivity index (χ0v) is 11.6. The molecule has 1 saturated carbocycles. The highest BCUT2D eigenvalue weighted by Gasteiger charge is 2.42. The molecular formula is C15H20ClNO. The van der Waals surface area contributed by atoms with Gasteiger partial charge in [-0.05, 0) is 56.7 Å². The van der Waals surface area contributed by atoms with E-state index in [1.165, 1.54) is 30.5 Å². The van der Waals surface area contributed by atoms with Gasteiger partial charge in [0.1, 0.15) is 0 Å². The minimum atomic E-state index is 0.197. The topological polar surface area (TPSA) is 21.3 Å². The molecule has 2 nitrogen and oxygen atoms in total. The second kappa shape index (κ2) is 4.75. The molecule has 1 saturated heterocycles. The third-order valence-electron chi connectivity index (χ3n) is 4.32. The van der Waals surface area contributed by atoms with Crippen LogP contribution in [-0.4, -0.2) is 18.2 Å². The maximum Gasteiger partial charge on any atom is 0.0702 e. The van der Waals surface area contributed by atoms with Crippen LogP contribution in [0.4, 0.5) is 5.69 Å². The van der Waals surface area contributed by atoms with Gasteiger partial charge in [-0.1, -0.05) is 17.7 Å². The summed E-state index contributed by atoms with van der Waals surface area (Å²) in [6, 6.07) is 6.57. The zero-order chi connectivity index (χ0) is 12.6. The van der Waals surface area contributed by atoms with Crippen molar-refractivity contribution in [1.29, 1.82) is 0 Å². The van der Waals surface area contributed by atoms with Crippen LogP contribution >= 0.6 is 11.6 Å². The molecule has 0 aromatic heterocycles. The van der Waals surface area contributed by atoms with Crippen molar-refractivity contribution in [3.63, 3.8) is 0 Å². The molecule has 98 valence electrons. The number of rotatable bonds is 2. The molecular weight excluding hydrogens is 246 g/mol. The highest BCUT2D eigenvalue weighted by Crippen LogP contribution is 2.43. The first-order valence-electron chi connectivity index (χ1n) is 6.84. The van der Waals surface area contributed by atoms with Crippen molar-refractivity contribution in [3.8, 4) is 0 Å². The summed E-state index contributed by atoms with van der Waals surface area (Å²) in [6.07, 6.45) is 6.02. The highest BCUT2D eigenvalue weighted by molar-refractivity contribution is 6.30. The number of halogens is 1. The number of aryl methyl sites for hydroxylation is 1. The summed E-state index contributed by atoms with van der Waals surface area (Å²) in [6.45, 7) is 3.01. The minimum Gasteiger partial charge on any atom is -0.382 e. The summed E-state index contributed by atoms with van der Waals surface area (Å²) in [4.78, 5) is 0. The summed E-state index contributed by atoms with van der Waals surface area (Å²) in [7, 11) is 0. The van der Waals surface area contributed by atoms with Crippen molar-refractivity contribution in [1.82, 2.24) is 0 Å². The van der Waals surface area contributed by atoms with Crippen LogP contribution in [0.25, 0.3) is 0 Å². The van der Waals surface area contributed by atoms with Crippen LogP contribution in [0.15, 0.2) is 18.2 Å². The molecule has 0 amide bonds. The molecule has 0 bridgehead atoms. The highest BCUT2D eigenvalue weighted by atomic mass is 35.5. The first-order chi connectivity index (χ1) is 8.67. The fourth-order valence-electron chi connectivity index (χ4n) is 3.04. The molecule has 2 fully saturated rings. The van der Waals surface area contributed by atoms with Gasteiger partial charge in [0.15, 0.2) is 0 Å². The summed E-state index contributed by atoms with van der Waals surface area (Å²) in [5.41, 5.74) is 2.62. The van der Waals surface area contributed by atoms with E-state index in [4.69, 9.17) is 16.3 Å². The molecule has 1 aromatic carbocycles. The molecule has 3 heteroatoms. The second-order valence-electron chi connectivity index (χ2n) is 5.68. The van der Waals surface area contributed by atoms with Crippen LogP contribution in [0.2, 0.25) is 5.02 Å². The lowest BCUT2D eigenvalue weighted by atomic mass is 9.74. The van der Waals surface area contributed by atoms with Gasteiger partial charge in [-0.15, -0.1) is 0 Å². The lowest BCUT2D eigenvalue weighted by Crippen LogP contribution is -2.49. The van der Waals surface area contributed by atoms with Crippen molar-refractivity contribution < 1.29 is 4.74 Å². The first kappa shape index (κ1) is 12.3. The monoisotopic (exact) mass is 265 g/mol. The lowest BCUT2D eigenvalue weighted by Gasteiger charge is -2.47. The molecule has 3 rings (SSSR count). The van der Waals surface area contributed by atoms with Crippen molar-refractivity contribution in [3.05, 3.63) is 28.8 Å². The van der Waals surface area contributed by atoms with E-state index in [2.05, 4.69) is 18.3 Å². The first-order valence-corrected chi connectivity index (χ1v) is 7.21. The largest absolute Gasteiger partial charge is 0.382 e. The maximum atomic E-state index is 6.06. The lowest BCUT2D eigenvalue weighted by molar-refractivity contribution is -0.130. The van der Waals surface area contributed by atoms with E-state index in [0.29, 0.717) is 6.04 Å². The Kier molecular flexibility index (Phi) is 3.25. The van der Waals surface area contributed by atoms with Gasteiger partial charge < -0.3 is 10.1 Å². The Labute approximate surface area is 114 Å². The van der Waals surface area contributed by atoms with Crippen molar-refractivity contribution in [2.45, 2.75) is 50.7 Å². The van der Waals surface area contributed by atoms with Crippen LogP contribution < -0.4 is 5.32 Å². The van der Waals surface area contributed by atoms with E-state index in [1.54, 1.807) is 0 Å². The minimum absolute atomic E-state index is 0.197. The Morgan fingerprint density at radius 3 is 2.94 bits per heavy atom. The van der Waals surface area contributed by atoms with E-state index in [0.717, 1.165) is 24.5 Å². The fourth-order valence-corrected chi connectivity index (χ4v) is 3.21. The number of nitrogens with one attached hydrogen (secondary N) is 1. The average Bonchev–Trinajstić information content (AvgIpc) is 2.32. The van der Waals surface area contributed by atoms with Crippen LogP contribution in [0.1, 0.15) is 37.7 Å². The Bertz CT molecular complexity index is 442. The van der Waals surface area contributed by atoms with Gasteiger partial charge >= 0.3 is 0 Å². The second-order valence-corrected chi connectivity index (χ2v) is 6.11. The SMILES string of the molecule is Cc1ccc(Cl)cc1NC1CCOC2(CCC2)C1. The van der Waals surface area contributed by atoms with Crippen LogP contribution in [0.3, 0.4) is 0 Å². The summed E-state index contributed by atoms with van der Waals surface area (Å²) < 4.78 is 5.96. The average molecular weight is 266 g/mol. The van der Waals surface area contributed by atoms with Gasteiger partial charge in [0, 0.05) is 23.4 Å². The fraction of sp³-hybridized carbons (Fsp3) is 0.600. The van der Waals surface area contributed by atoms with Gasteiger partial charge in [-0.2, -0.15) is 0 Å². The third kappa shape index (κ3) is 2.36. The predicted molar refractivity (Wildman–Crippen MR) is 75.4 cm³/mol. The Morgan fingerprint density at radius 2 is 2.22 bits per heavy atom. The number of anilines is 1. The molecule has 1 unspecified atom stereocenters. The molecule has 0 radical (unpaired) electrons. The predicted octanol–water partition coefficient (Wildman–Crippen LogP) is 4.16. The summed E-state index contributed by atoms with van der Waals surface area (Å²) in [5.74, 6) is 0. The molecule has 18 heavy (non-hydrogen) atoms. The van der Waals surface area contributed by atoms with Gasteiger partial charge in [0.25, 0.3) is 0 Å². The van der Waals surface area contributed by atoms with Crippen LogP contribution in [-0.2, 0) is 4.74 Å². The zero-order valence-electron chi connectivity index (χ0n) is 10.8. The Hall–Kier alpha value is -0.730. The number of ether oxygens (including phenoxy) is 1. The molecule has 1 spiro atoms. The van der Waals surface area contributed by atoms with E-state index < -0.39 is 0 Å². The van der Waals surface area contributed by atoms with Crippen LogP contribution in [0, 0.1) is 6.92 Å². The number of benzene rings is 1. The van der Waals surface area contributed by atoms with E-state index in [-0.39, 0.29) is 5.60 Å². The number of hydrogen-bond donors (Lipinski definition) is 1. The van der Waals surface area contributed by atoms with E-state index in [1.807, 2.05) is 12.1 Å². The molecule has 1 aliphatic carbocycles. The smallest absolute Gasteiger partial charge is 0.0702 e. The quantitative estimate of drug-likeness (QED) is 0.867. The third-order valence-corrected chi connectivity index (χ3v) is 4.55. The van der Waals surface area contributed by atoms with E-state index in [9.17, 15) is 0 Å². The standard InChI is InChI=1S/C15H20ClNO/c1-11-3-4-12(16)9-14(11)17-13-5-8-18-15(10-13)6-2-7-15/h3-4,9,13,17H,2,5-8,10H2,1H3. The van der Waals surface area contributed by atoms with Gasteiger partial charge in [-0.3, -0.25) is 0 Å². The van der Waals surface area contributed by atoms with Crippen molar-refractivity contribution in [2.24, 2.45) is 0 Å². The number of hydrogen-bond acceptors (Lipinski definition) is 2. The maximum absolute atomic E-state index is 6.06. The molecule has 1 atom stereocenters. The van der Waals surface area contributed by atoms with Crippen LogP contribution in [0.5, 0.6) is 0 Å². The molecule has 1 aliphatic heterocycles. The normalized spacial score (nSPS) is 25.8. The van der Waals surface area contributed by atoms with E-state index >= 15 is 0 Å².